The molecule has 1 heteroatoms. The maximum Gasteiger partial charge on any atom is 0.167 e. The van der Waals surface area contributed by atoms with Crippen LogP contribution in [0.25, 0.3) is 0 Å². The molecule has 0 saturated heterocycles. The Hall–Kier alpha value is -1.89. The number of benzene rings is 2. The van der Waals surface area contributed by atoms with Crippen molar-refractivity contribution >= 4 is 5.78 Å². The molecule has 0 aromatic heterocycles. The lowest BCUT2D eigenvalue weighted by molar-refractivity contribution is 0.0993. The van der Waals surface area contributed by atoms with Crippen LogP contribution in [0.2, 0.25) is 0 Å². The molecule has 21 heavy (non-hydrogen) atoms. The molecule has 0 fully saturated rings. The van der Waals surface area contributed by atoms with Gasteiger partial charge in [-0.2, -0.15) is 0 Å². The van der Waals surface area contributed by atoms with Gasteiger partial charge in [0.05, 0.1) is 0 Å². The van der Waals surface area contributed by atoms with Crippen LogP contribution in [0.5, 0.6) is 0 Å². The molecule has 0 unspecified atom stereocenters. The number of rotatable bonds is 3. The second-order valence-corrected chi connectivity index (χ2v) is 6.85. The molecule has 0 aliphatic rings. The second kappa shape index (κ2) is 5.85. The zero-order chi connectivity index (χ0) is 15.6. The summed E-state index contributed by atoms with van der Waals surface area (Å²) in [5, 5.41) is 0. The van der Waals surface area contributed by atoms with Crippen molar-refractivity contribution in [1.82, 2.24) is 0 Å². The third kappa shape index (κ3) is 3.81. The van der Waals surface area contributed by atoms with E-state index in [9.17, 15) is 4.79 Å². The Kier molecular flexibility index (Phi) is 4.32. The Bertz CT molecular complexity index is 643. The zero-order valence-corrected chi connectivity index (χ0v) is 13.7. The summed E-state index contributed by atoms with van der Waals surface area (Å²) in [6.07, 6.45) is 0.468. The van der Waals surface area contributed by atoms with E-state index in [2.05, 4.69) is 58.9 Å². The Morgan fingerprint density at radius 3 is 2.05 bits per heavy atom. The third-order valence-electron chi connectivity index (χ3n) is 4.01. The first-order chi connectivity index (χ1) is 9.77. The Morgan fingerprint density at radius 1 is 0.905 bits per heavy atom. The van der Waals surface area contributed by atoms with E-state index in [0.717, 1.165) is 11.1 Å². The van der Waals surface area contributed by atoms with Gasteiger partial charge in [0.1, 0.15) is 0 Å². The summed E-state index contributed by atoms with van der Waals surface area (Å²) in [6, 6.07) is 14.3. The van der Waals surface area contributed by atoms with Crippen LogP contribution in [0.1, 0.15) is 53.4 Å². The Labute approximate surface area is 128 Å². The zero-order valence-electron chi connectivity index (χ0n) is 13.7. The topological polar surface area (TPSA) is 17.1 Å². The highest BCUT2D eigenvalue weighted by atomic mass is 16.1. The van der Waals surface area contributed by atoms with Crippen molar-refractivity contribution in [1.29, 1.82) is 0 Å². The van der Waals surface area contributed by atoms with Gasteiger partial charge in [-0.3, -0.25) is 4.79 Å². The molecule has 2 rings (SSSR count). The predicted octanol–water partition coefficient (Wildman–Crippen LogP) is 5.03. The van der Waals surface area contributed by atoms with Gasteiger partial charge in [-0.25, -0.2) is 0 Å². The normalized spacial score (nSPS) is 11.5. The number of ketones is 1. The minimum atomic E-state index is 0.121. The lowest BCUT2D eigenvalue weighted by atomic mass is 9.86. The SMILES string of the molecule is Cc1ccc(CC(=O)c2ccc(C(C)(C)C)cc2)cc1C. The van der Waals surface area contributed by atoms with E-state index in [1.807, 2.05) is 18.2 Å². The fraction of sp³-hybridized carbons (Fsp3) is 0.350. The van der Waals surface area contributed by atoms with Gasteiger partial charge in [0, 0.05) is 12.0 Å². The van der Waals surface area contributed by atoms with E-state index in [1.165, 1.54) is 16.7 Å². The molecule has 0 saturated carbocycles. The summed E-state index contributed by atoms with van der Waals surface area (Å²) in [7, 11) is 0. The standard InChI is InChI=1S/C20H24O/c1-14-6-7-16(12-15(14)2)13-19(21)17-8-10-18(11-9-17)20(3,4)5/h6-12H,13H2,1-5H3. The molecule has 1 nitrogen and oxygen atoms in total. The smallest absolute Gasteiger partial charge is 0.167 e. The van der Waals surface area contributed by atoms with Crippen molar-refractivity contribution in [3.05, 3.63) is 70.3 Å². The van der Waals surface area contributed by atoms with Gasteiger partial charge in [-0.05, 0) is 41.5 Å². The van der Waals surface area contributed by atoms with Crippen molar-refractivity contribution in [2.45, 2.75) is 46.5 Å². The average molecular weight is 280 g/mol. The molecule has 0 amide bonds. The Balaban J connectivity index is 2.15. The molecule has 0 bridgehead atoms. The summed E-state index contributed by atoms with van der Waals surface area (Å²) in [5.74, 6) is 0.179. The van der Waals surface area contributed by atoms with Crippen molar-refractivity contribution < 1.29 is 4.79 Å². The number of carbonyl (C=O) groups excluding carboxylic acids is 1. The third-order valence-corrected chi connectivity index (χ3v) is 4.01. The summed E-state index contributed by atoms with van der Waals surface area (Å²) >= 11 is 0. The number of hydrogen-bond donors (Lipinski definition) is 0. The highest BCUT2D eigenvalue weighted by Gasteiger charge is 2.14. The average Bonchev–Trinajstić information content (AvgIpc) is 2.42. The van der Waals surface area contributed by atoms with Crippen molar-refractivity contribution in [2.75, 3.05) is 0 Å². The highest BCUT2D eigenvalue weighted by molar-refractivity contribution is 5.97. The van der Waals surface area contributed by atoms with Crippen LogP contribution >= 0.6 is 0 Å². The second-order valence-electron chi connectivity index (χ2n) is 6.85. The molecular weight excluding hydrogens is 256 g/mol. The quantitative estimate of drug-likeness (QED) is 0.721. The van der Waals surface area contributed by atoms with Crippen molar-refractivity contribution in [3.63, 3.8) is 0 Å². The molecule has 0 aliphatic heterocycles. The Morgan fingerprint density at radius 2 is 1.52 bits per heavy atom. The maximum absolute atomic E-state index is 12.4. The van der Waals surface area contributed by atoms with Crippen molar-refractivity contribution in [3.8, 4) is 0 Å². The molecule has 110 valence electrons. The van der Waals surface area contributed by atoms with E-state index < -0.39 is 0 Å². The van der Waals surface area contributed by atoms with Crippen LogP contribution in [-0.2, 0) is 11.8 Å². The first kappa shape index (κ1) is 15.5. The number of Topliss-reactive ketones (excluding diaryl/α,β-unsaturated/α-hetero) is 1. The van der Waals surface area contributed by atoms with E-state index in [1.54, 1.807) is 0 Å². The van der Waals surface area contributed by atoms with E-state index >= 15 is 0 Å². The molecule has 0 radical (unpaired) electrons. The molecule has 0 spiro atoms. The first-order valence-corrected chi connectivity index (χ1v) is 7.47. The molecule has 0 N–H and O–H groups in total. The van der Waals surface area contributed by atoms with Crippen LogP contribution in [0.4, 0.5) is 0 Å². The number of hydrogen-bond acceptors (Lipinski definition) is 1. The lowest BCUT2D eigenvalue weighted by Gasteiger charge is -2.19. The van der Waals surface area contributed by atoms with Gasteiger partial charge >= 0.3 is 0 Å². The highest BCUT2D eigenvalue weighted by Crippen LogP contribution is 2.22. The molecule has 0 atom stereocenters. The summed E-state index contributed by atoms with van der Waals surface area (Å²) in [6.45, 7) is 10.7. The van der Waals surface area contributed by atoms with Crippen LogP contribution in [0.3, 0.4) is 0 Å². The van der Waals surface area contributed by atoms with Crippen LogP contribution in [0.15, 0.2) is 42.5 Å². The van der Waals surface area contributed by atoms with Crippen LogP contribution < -0.4 is 0 Å². The van der Waals surface area contributed by atoms with Gasteiger partial charge in [0.2, 0.25) is 0 Å². The summed E-state index contributed by atoms with van der Waals surface area (Å²) in [5.41, 5.74) is 5.76. The maximum atomic E-state index is 12.4. The monoisotopic (exact) mass is 280 g/mol. The minimum absolute atomic E-state index is 0.121. The van der Waals surface area contributed by atoms with Gasteiger partial charge in [0.15, 0.2) is 5.78 Å². The molecule has 2 aromatic carbocycles. The molecular formula is C20H24O. The molecule has 0 heterocycles. The fourth-order valence-electron chi connectivity index (χ4n) is 2.36. The summed E-state index contributed by atoms with van der Waals surface area (Å²) < 4.78 is 0. The predicted molar refractivity (Wildman–Crippen MR) is 89.1 cm³/mol. The first-order valence-electron chi connectivity index (χ1n) is 7.47. The minimum Gasteiger partial charge on any atom is -0.294 e. The van der Waals surface area contributed by atoms with E-state index in [4.69, 9.17) is 0 Å². The van der Waals surface area contributed by atoms with Gasteiger partial charge in [-0.1, -0.05) is 63.2 Å². The van der Waals surface area contributed by atoms with Crippen molar-refractivity contribution in [2.24, 2.45) is 0 Å². The molecule has 2 aromatic rings. The fourth-order valence-corrected chi connectivity index (χ4v) is 2.36. The summed E-state index contributed by atoms with van der Waals surface area (Å²) in [4.78, 5) is 12.4. The lowest BCUT2D eigenvalue weighted by Crippen LogP contribution is -2.11. The van der Waals surface area contributed by atoms with Crippen LogP contribution in [0, 0.1) is 13.8 Å². The van der Waals surface area contributed by atoms with Gasteiger partial charge < -0.3 is 0 Å². The molecule has 0 aliphatic carbocycles. The van der Waals surface area contributed by atoms with E-state index in [0.29, 0.717) is 6.42 Å². The van der Waals surface area contributed by atoms with E-state index in [-0.39, 0.29) is 11.2 Å². The number of carbonyl (C=O) groups is 1. The largest absolute Gasteiger partial charge is 0.294 e. The van der Waals surface area contributed by atoms with Gasteiger partial charge in [-0.15, -0.1) is 0 Å². The number of aryl methyl sites for hydroxylation is 2. The van der Waals surface area contributed by atoms with Gasteiger partial charge in [0.25, 0.3) is 0 Å². The van der Waals surface area contributed by atoms with Crippen LogP contribution in [-0.4, -0.2) is 5.78 Å².